The number of aliphatic hydroxyl groups is 1. The summed E-state index contributed by atoms with van der Waals surface area (Å²) < 4.78 is 0. The lowest BCUT2D eigenvalue weighted by Crippen LogP contribution is -2.62. The number of carbonyl (C=O) groups is 9. The second kappa shape index (κ2) is 29.6. The minimum absolute atomic E-state index is 0.0859. The molecule has 22 heteroatoms. The third-order valence-electron chi connectivity index (χ3n) is 9.30. The summed E-state index contributed by atoms with van der Waals surface area (Å²) in [4.78, 5) is 120. The molecule has 0 aromatic carbocycles. The van der Waals surface area contributed by atoms with Gasteiger partial charge in [-0.1, -0.05) is 33.6 Å². The molecular formula is C38H70N12O10. The fourth-order valence-corrected chi connectivity index (χ4v) is 5.84. The van der Waals surface area contributed by atoms with E-state index in [2.05, 4.69) is 47.5 Å². The lowest BCUT2D eigenvalue weighted by molar-refractivity contribution is -0.137. The zero-order chi connectivity index (χ0) is 45.9. The van der Waals surface area contributed by atoms with Crippen molar-refractivity contribution in [3.05, 3.63) is 0 Å². The summed E-state index contributed by atoms with van der Waals surface area (Å²) in [5.74, 6) is -6.58. The second-order valence-electron chi connectivity index (χ2n) is 14.7. The standard InChI is InChI=1S/C38H70N12O10/c1-8-14-25(33(56)47-27(15-11-12-19-43-23(6)52)34(57)46-26(32(55)42-10-3)16-13-20-44-38(40)41)48-37(60)31(22(5)51)50-36(59)30(21(4)9-2)49-35(58)28(45-24(7)53)17-18-29(39)54/h21-22,25-28,30-31,51H,8-20H2,1-7H3,(H2,39,54)(H,42,55)(H,43,52)(H,45,53)(H,46,57)(H,47,56)(H,48,60)(H,49,58)(H,50,59)(H4,40,41,44)/t21-,22+,25-,26-,27+,28-,30+,31-/m0/s1. The Hall–Kier alpha value is -5.54. The monoisotopic (exact) mass is 855 g/mol. The molecule has 0 saturated heterocycles. The van der Waals surface area contributed by atoms with Crippen molar-refractivity contribution in [3.63, 3.8) is 0 Å². The molecule has 9 amide bonds. The molecule has 0 heterocycles. The van der Waals surface area contributed by atoms with E-state index < -0.39 is 95.5 Å². The van der Waals surface area contributed by atoms with E-state index in [9.17, 15) is 48.3 Å². The SMILES string of the molecule is CCC[C@H](NC(=O)[C@@H](NC(=O)[C@H](NC(=O)[C@H](CCC(N)=O)NC(C)=O)[C@@H](C)CC)[C@@H](C)O)C(=O)N[C@H](CCCCNC(C)=O)C(=O)N[C@@H](CCCN=C(N)N)C(=O)NCC. The molecule has 0 fully saturated rings. The molecule has 0 spiro atoms. The molecule has 0 unspecified atom stereocenters. The Morgan fingerprint density at radius 3 is 1.57 bits per heavy atom. The topological polar surface area (TPSA) is 361 Å². The molecule has 0 aromatic heterocycles. The van der Waals surface area contributed by atoms with Crippen LogP contribution in [0, 0.1) is 5.92 Å². The number of hydrogen-bond donors (Lipinski definition) is 12. The lowest BCUT2D eigenvalue weighted by atomic mass is 9.96. The number of likely N-dealkylation sites (N-methyl/N-ethyl adjacent to an activating group) is 1. The minimum atomic E-state index is -1.61. The van der Waals surface area contributed by atoms with Crippen LogP contribution in [0.25, 0.3) is 0 Å². The molecule has 0 bridgehead atoms. The first-order valence-corrected chi connectivity index (χ1v) is 20.5. The van der Waals surface area contributed by atoms with Crippen LogP contribution in [-0.4, -0.2) is 126 Å². The van der Waals surface area contributed by atoms with Crippen LogP contribution in [-0.2, 0) is 43.2 Å². The van der Waals surface area contributed by atoms with Crippen LogP contribution < -0.4 is 59.7 Å². The number of nitrogens with two attached hydrogens (primary N) is 3. The van der Waals surface area contributed by atoms with E-state index in [0.717, 1.165) is 0 Å². The van der Waals surface area contributed by atoms with Gasteiger partial charge in [-0.2, -0.15) is 0 Å². The summed E-state index contributed by atoms with van der Waals surface area (Å²) in [6.45, 7) is 11.5. The summed E-state index contributed by atoms with van der Waals surface area (Å²) in [5, 5.41) is 31.4. The number of carbonyl (C=O) groups excluding carboxylic acids is 9. The van der Waals surface area contributed by atoms with Gasteiger partial charge in [0.1, 0.15) is 36.3 Å². The van der Waals surface area contributed by atoms with Gasteiger partial charge in [-0.05, 0) is 64.7 Å². The van der Waals surface area contributed by atoms with Crippen LogP contribution in [0.15, 0.2) is 4.99 Å². The number of aliphatic hydroxyl groups excluding tert-OH is 1. The highest BCUT2D eigenvalue weighted by Gasteiger charge is 2.36. The largest absolute Gasteiger partial charge is 0.391 e. The summed E-state index contributed by atoms with van der Waals surface area (Å²) in [6.07, 6.45) is 0.464. The third-order valence-corrected chi connectivity index (χ3v) is 9.30. The van der Waals surface area contributed by atoms with Crippen LogP contribution in [0.5, 0.6) is 0 Å². The highest BCUT2D eigenvalue weighted by molar-refractivity contribution is 5.97. The van der Waals surface area contributed by atoms with Crippen LogP contribution in [0.1, 0.15) is 113 Å². The highest BCUT2D eigenvalue weighted by Crippen LogP contribution is 2.12. The van der Waals surface area contributed by atoms with Crippen molar-refractivity contribution >= 4 is 59.1 Å². The summed E-state index contributed by atoms with van der Waals surface area (Å²) >= 11 is 0. The molecule has 342 valence electrons. The average Bonchev–Trinajstić information content (AvgIpc) is 3.16. The molecule has 60 heavy (non-hydrogen) atoms. The van der Waals surface area contributed by atoms with Crippen molar-refractivity contribution < 1.29 is 48.3 Å². The number of rotatable bonds is 30. The van der Waals surface area contributed by atoms with E-state index >= 15 is 0 Å². The van der Waals surface area contributed by atoms with E-state index in [0.29, 0.717) is 45.2 Å². The van der Waals surface area contributed by atoms with E-state index in [-0.39, 0.29) is 50.5 Å². The molecule has 15 N–H and O–H groups in total. The number of guanidine groups is 1. The lowest BCUT2D eigenvalue weighted by Gasteiger charge is -2.30. The maximum Gasteiger partial charge on any atom is 0.245 e. The Bertz CT molecular complexity index is 1470. The number of amides is 9. The van der Waals surface area contributed by atoms with Gasteiger partial charge in [0.05, 0.1) is 6.10 Å². The zero-order valence-electron chi connectivity index (χ0n) is 36.1. The van der Waals surface area contributed by atoms with Gasteiger partial charge < -0.3 is 64.8 Å². The first-order chi connectivity index (χ1) is 28.2. The second-order valence-corrected chi connectivity index (χ2v) is 14.7. The Balaban J connectivity index is 6.32. The number of nitrogens with zero attached hydrogens (tertiary/aromatic N) is 1. The van der Waals surface area contributed by atoms with Gasteiger partial charge in [0.25, 0.3) is 0 Å². The van der Waals surface area contributed by atoms with Gasteiger partial charge in [-0.15, -0.1) is 0 Å². The van der Waals surface area contributed by atoms with Gasteiger partial charge in [-0.3, -0.25) is 48.1 Å². The molecule has 8 atom stereocenters. The Kier molecular flexibility index (Phi) is 26.9. The van der Waals surface area contributed by atoms with Crippen LogP contribution in [0.2, 0.25) is 0 Å². The fraction of sp³-hybridized carbons (Fsp3) is 0.737. The van der Waals surface area contributed by atoms with Gasteiger partial charge in [0.2, 0.25) is 53.2 Å². The van der Waals surface area contributed by atoms with Crippen molar-refractivity contribution in [2.45, 2.75) is 155 Å². The average molecular weight is 855 g/mol. The molecule has 0 aromatic rings. The molecule has 22 nitrogen and oxygen atoms in total. The fourth-order valence-electron chi connectivity index (χ4n) is 5.84. The number of nitrogens with one attached hydrogen (secondary N) is 8. The Morgan fingerprint density at radius 2 is 1.07 bits per heavy atom. The van der Waals surface area contributed by atoms with Gasteiger partial charge >= 0.3 is 0 Å². The molecular weight excluding hydrogens is 784 g/mol. The van der Waals surface area contributed by atoms with E-state index in [1.165, 1.54) is 20.8 Å². The van der Waals surface area contributed by atoms with Crippen molar-refractivity contribution in [2.24, 2.45) is 28.1 Å². The van der Waals surface area contributed by atoms with Crippen molar-refractivity contribution in [2.75, 3.05) is 19.6 Å². The smallest absolute Gasteiger partial charge is 0.245 e. The van der Waals surface area contributed by atoms with Crippen LogP contribution >= 0.6 is 0 Å². The highest BCUT2D eigenvalue weighted by atomic mass is 16.3. The minimum Gasteiger partial charge on any atom is -0.391 e. The number of hydrogen-bond acceptors (Lipinski definition) is 11. The maximum absolute atomic E-state index is 13.8. The number of primary amides is 1. The predicted molar refractivity (Wildman–Crippen MR) is 223 cm³/mol. The van der Waals surface area contributed by atoms with Crippen LogP contribution in [0.4, 0.5) is 0 Å². The van der Waals surface area contributed by atoms with E-state index in [1.807, 2.05) is 0 Å². The predicted octanol–water partition coefficient (Wildman–Crippen LogP) is -3.10. The normalized spacial score (nSPS) is 14.8. The molecule has 0 rings (SSSR count). The van der Waals surface area contributed by atoms with Gasteiger partial charge in [-0.25, -0.2) is 0 Å². The zero-order valence-corrected chi connectivity index (χ0v) is 36.1. The van der Waals surface area contributed by atoms with Crippen LogP contribution in [0.3, 0.4) is 0 Å². The van der Waals surface area contributed by atoms with Gasteiger partial charge in [0.15, 0.2) is 5.96 Å². The molecule has 0 radical (unpaired) electrons. The van der Waals surface area contributed by atoms with Crippen molar-refractivity contribution in [1.82, 2.24) is 42.5 Å². The third kappa shape index (κ3) is 22.6. The molecule has 0 aliphatic heterocycles. The van der Waals surface area contributed by atoms with E-state index in [1.54, 1.807) is 27.7 Å². The van der Waals surface area contributed by atoms with Crippen molar-refractivity contribution in [1.29, 1.82) is 0 Å². The first-order valence-electron chi connectivity index (χ1n) is 20.5. The number of aliphatic imine (C=N–C) groups is 1. The molecule has 0 aliphatic carbocycles. The van der Waals surface area contributed by atoms with E-state index in [4.69, 9.17) is 17.2 Å². The summed E-state index contributed by atoms with van der Waals surface area (Å²) in [5.41, 5.74) is 16.0. The van der Waals surface area contributed by atoms with Crippen molar-refractivity contribution in [3.8, 4) is 0 Å². The quantitative estimate of drug-likeness (QED) is 0.0194. The van der Waals surface area contributed by atoms with Gasteiger partial charge in [0, 0.05) is 39.9 Å². The summed E-state index contributed by atoms with van der Waals surface area (Å²) in [6, 6.07) is -7.49. The number of unbranched alkanes of at least 4 members (excludes halogenated alkanes) is 1. The Labute approximate surface area is 352 Å². The molecule has 0 aliphatic rings. The molecule has 0 saturated carbocycles. The maximum atomic E-state index is 13.8. The first kappa shape index (κ1) is 54.5. The summed E-state index contributed by atoms with van der Waals surface area (Å²) in [7, 11) is 0. The Morgan fingerprint density at radius 1 is 0.567 bits per heavy atom.